The first kappa shape index (κ1) is 19.0. The van der Waals surface area contributed by atoms with Crippen LogP contribution in [0.4, 0.5) is 8.78 Å². The van der Waals surface area contributed by atoms with Crippen molar-refractivity contribution in [2.24, 2.45) is 0 Å². The third kappa shape index (κ3) is 3.98. The Morgan fingerprint density at radius 3 is 2.46 bits per heavy atom. The van der Waals surface area contributed by atoms with Crippen LogP contribution in [-0.2, 0) is 10.0 Å². The highest BCUT2D eigenvalue weighted by Gasteiger charge is 2.33. The maximum Gasteiger partial charge on any atom is 0.294 e. The molecule has 1 saturated carbocycles. The van der Waals surface area contributed by atoms with Gasteiger partial charge in [0.1, 0.15) is 17.4 Å². The van der Waals surface area contributed by atoms with Gasteiger partial charge in [-0.3, -0.25) is 0 Å². The molecule has 0 unspecified atom stereocenters. The molecule has 1 aliphatic rings. The van der Waals surface area contributed by atoms with E-state index in [9.17, 15) is 17.2 Å². The maximum absolute atomic E-state index is 13.7. The molecule has 0 radical (unpaired) electrons. The molecule has 9 heteroatoms. The lowest BCUT2D eigenvalue weighted by atomic mass is 9.94. The molecule has 3 rings (SSSR count). The Kier molecular flexibility index (Phi) is 4.96. The molecule has 26 heavy (non-hydrogen) atoms. The Morgan fingerprint density at radius 2 is 1.85 bits per heavy atom. The van der Waals surface area contributed by atoms with E-state index in [4.69, 9.17) is 4.74 Å². The second kappa shape index (κ2) is 6.77. The van der Waals surface area contributed by atoms with Crippen molar-refractivity contribution in [3.8, 4) is 6.01 Å². The minimum atomic E-state index is -3.39. The zero-order chi connectivity index (χ0) is 19.1. The van der Waals surface area contributed by atoms with Gasteiger partial charge in [-0.05, 0) is 52.5 Å². The zero-order valence-electron chi connectivity index (χ0n) is 15.0. The van der Waals surface area contributed by atoms with E-state index >= 15 is 0 Å². The van der Waals surface area contributed by atoms with E-state index in [1.54, 1.807) is 20.8 Å². The monoisotopic (exact) mass is 387 g/mol. The number of hydrogen-bond donors (Lipinski definition) is 2. The number of aromatic amines is 1. The van der Waals surface area contributed by atoms with Crippen LogP contribution in [-0.4, -0.2) is 35.3 Å². The van der Waals surface area contributed by atoms with Gasteiger partial charge >= 0.3 is 0 Å². The Balaban J connectivity index is 1.60. The van der Waals surface area contributed by atoms with Gasteiger partial charge in [0.15, 0.2) is 5.82 Å². The van der Waals surface area contributed by atoms with Crippen molar-refractivity contribution < 1.29 is 21.9 Å². The van der Waals surface area contributed by atoms with Crippen LogP contribution < -0.4 is 9.46 Å². The Bertz CT molecular complexity index is 898. The van der Waals surface area contributed by atoms with Crippen molar-refractivity contribution in [3.63, 3.8) is 0 Å². The molecule has 0 amide bonds. The normalized spacial score (nSPS) is 21.9. The van der Waals surface area contributed by atoms with Crippen LogP contribution >= 0.6 is 0 Å². The van der Waals surface area contributed by atoms with Crippen LogP contribution in [0.5, 0.6) is 6.01 Å². The molecule has 1 aromatic heterocycles. The van der Waals surface area contributed by atoms with Crippen molar-refractivity contribution in [1.82, 2.24) is 14.7 Å². The van der Waals surface area contributed by atoms with Crippen LogP contribution in [0.1, 0.15) is 46.5 Å². The van der Waals surface area contributed by atoms with Gasteiger partial charge in [-0.15, -0.1) is 0 Å². The van der Waals surface area contributed by atoms with E-state index in [0.29, 0.717) is 25.7 Å². The van der Waals surface area contributed by atoms with E-state index in [-0.39, 0.29) is 29.2 Å². The van der Waals surface area contributed by atoms with Gasteiger partial charge in [-0.1, -0.05) is 0 Å². The summed E-state index contributed by atoms with van der Waals surface area (Å²) in [5.41, 5.74) is 0.275. The van der Waals surface area contributed by atoms with Gasteiger partial charge in [-0.25, -0.2) is 21.9 Å². The van der Waals surface area contributed by atoms with E-state index in [1.165, 1.54) is 0 Å². The van der Waals surface area contributed by atoms with E-state index < -0.39 is 26.4 Å². The van der Waals surface area contributed by atoms with Gasteiger partial charge in [0, 0.05) is 12.1 Å². The largest absolute Gasteiger partial charge is 0.461 e. The number of rotatable bonds is 4. The Morgan fingerprint density at radius 1 is 1.19 bits per heavy atom. The highest BCUT2D eigenvalue weighted by molar-refractivity contribution is 7.90. The topological polar surface area (TPSA) is 84.1 Å². The average molecular weight is 387 g/mol. The van der Waals surface area contributed by atoms with Crippen LogP contribution in [0, 0.1) is 11.6 Å². The van der Waals surface area contributed by atoms with Crippen molar-refractivity contribution in [3.05, 3.63) is 23.8 Å². The molecule has 0 atom stereocenters. The smallest absolute Gasteiger partial charge is 0.294 e. The molecule has 2 N–H and O–H groups in total. The molecule has 6 nitrogen and oxygen atoms in total. The number of imidazole rings is 1. The fourth-order valence-electron chi connectivity index (χ4n) is 2.93. The second-order valence-corrected chi connectivity index (χ2v) is 10.1. The zero-order valence-corrected chi connectivity index (χ0v) is 15.8. The number of ether oxygens (including phenoxy) is 1. The SMILES string of the molecule is CC(C)(C)S(=O)(=O)NC1CCC(Oc2nc3c(F)cc(F)cc3[nH]2)CC1. The van der Waals surface area contributed by atoms with Crippen molar-refractivity contribution in [2.45, 2.75) is 63.3 Å². The van der Waals surface area contributed by atoms with Gasteiger partial charge in [0.2, 0.25) is 10.0 Å². The first-order chi connectivity index (χ1) is 12.0. The summed E-state index contributed by atoms with van der Waals surface area (Å²) in [5, 5.41) is 0. The number of hydrogen-bond acceptors (Lipinski definition) is 4. The summed E-state index contributed by atoms with van der Waals surface area (Å²) in [6.45, 7) is 4.98. The summed E-state index contributed by atoms with van der Waals surface area (Å²) >= 11 is 0. The summed E-state index contributed by atoms with van der Waals surface area (Å²) in [5.74, 6) is -1.43. The lowest BCUT2D eigenvalue weighted by molar-refractivity contribution is 0.134. The number of sulfonamides is 1. The van der Waals surface area contributed by atoms with Gasteiger partial charge < -0.3 is 9.72 Å². The minimum Gasteiger partial charge on any atom is -0.461 e. The number of H-pyrrole nitrogens is 1. The van der Waals surface area contributed by atoms with Crippen LogP contribution in [0.3, 0.4) is 0 Å². The summed E-state index contributed by atoms with van der Waals surface area (Å²) in [7, 11) is -3.39. The summed E-state index contributed by atoms with van der Waals surface area (Å²) < 4.78 is 59.1. The predicted molar refractivity (Wildman–Crippen MR) is 94.5 cm³/mol. The molecular weight excluding hydrogens is 364 g/mol. The van der Waals surface area contributed by atoms with Gasteiger partial charge in [0.25, 0.3) is 6.01 Å². The van der Waals surface area contributed by atoms with Crippen molar-refractivity contribution >= 4 is 21.1 Å². The average Bonchev–Trinajstić information content (AvgIpc) is 2.90. The second-order valence-electron chi connectivity index (χ2n) is 7.65. The van der Waals surface area contributed by atoms with Crippen LogP contribution in [0.2, 0.25) is 0 Å². The first-order valence-electron chi connectivity index (χ1n) is 8.58. The molecule has 1 heterocycles. The molecule has 0 spiro atoms. The Labute approximate surface area is 151 Å². The third-order valence-corrected chi connectivity index (χ3v) is 6.82. The molecule has 0 bridgehead atoms. The fraction of sp³-hybridized carbons (Fsp3) is 0.588. The highest BCUT2D eigenvalue weighted by Crippen LogP contribution is 2.26. The lowest BCUT2D eigenvalue weighted by Crippen LogP contribution is -2.46. The highest BCUT2D eigenvalue weighted by atomic mass is 32.2. The standard InChI is InChI=1S/C17H23F2N3O3S/c1-17(2,3)26(23,24)22-11-4-6-12(7-5-11)25-16-20-14-9-10(18)8-13(19)15(14)21-16/h8-9,11-12,22H,4-7H2,1-3H3,(H,20,21). The number of benzene rings is 1. The number of fused-ring (bicyclic) bond motifs is 1. The van der Waals surface area contributed by atoms with Crippen LogP contribution in [0.25, 0.3) is 11.0 Å². The third-order valence-electron chi connectivity index (χ3n) is 4.56. The molecule has 1 aromatic carbocycles. The maximum atomic E-state index is 13.7. The first-order valence-corrected chi connectivity index (χ1v) is 10.1. The summed E-state index contributed by atoms with van der Waals surface area (Å²) in [6, 6.07) is 1.96. The molecule has 2 aromatic rings. The quantitative estimate of drug-likeness (QED) is 0.844. The minimum absolute atomic E-state index is 0.0352. The summed E-state index contributed by atoms with van der Waals surface area (Å²) in [6.07, 6.45) is 2.42. The lowest BCUT2D eigenvalue weighted by Gasteiger charge is -2.31. The molecular formula is C17H23F2N3O3S. The van der Waals surface area contributed by atoms with E-state index in [2.05, 4.69) is 14.7 Å². The fourth-order valence-corrected chi connectivity index (χ4v) is 3.96. The number of nitrogens with one attached hydrogen (secondary N) is 2. The summed E-state index contributed by atoms with van der Waals surface area (Å²) in [4.78, 5) is 6.80. The van der Waals surface area contributed by atoms with Crippen molar-refractivity contribution in [1.29, 1.82) is 0 Å². The van der Waals surface area contributed by atoms with Crippen molar-refractivity contribution in [2.75, 3.05) is 0 Å². The molecule has 144 valence electrons. The van der Waals surface area contributed by atoms with E-state index in [1.807, 2.05) is 0 Å². The Hall–Kier alpha value is -1.74. The molecule has 1 aliphatic carbocycles. The van der Waals surface area contributed by atoms with E-state index in [0.717, 1.165) is 12.1 Å². The number of nitrogens with zero attached hydrogens (tertiary/aromatic N) is 1. The molecule has 1 fully saturated rings. The number of halogens is 2. The molecule has 0 aliphatic heterocycles. The predicted octanol–water partition coefficient (Wildman–Crippen LogP) is 3.25. The molecule has 0 saturated heterocycles. The van der Waals surface area contributed by atoms with Gasteiger partial charge in [0.05, 0.1) is 10.3 Å². The van der Waals surface area contributed by atoms with Crippen LogP contribution in [0.15, 0.2) is 12.1 Å². The number of aromatic nitrogens is 2. The van der Waals surface area contributed by atoms with Gasteiger partial charge in [-0.2, -0.15) is 4.98 Å².